The van der Waals surface area contributed by atoms with Crippen molar-refractivity contribution in [1.29, 1.82) is 0 Å². The Kier molecular flexibility index (Phi) is 5.72. The maximum atomic E-state index is 11.8. The third-order valence-corrected chi connectivity index (χ3v) is 5.50. The van der Waals surface area contributed by atoms with Crippen LogP contribution in [-0.4, -0.2) is 44.4 Å². The lowest BCUT2D eigenvalue weighted by molar-refractivity contribution is -0.115. The van der Waals surface area contributed by atoms with Gasteiger partial charge in [-0.2, -0.15) is 0 Å². The molecule has 0 aliphatic carbocycles. The minimum absolute atomic E-state index is 0.0630. The number of hydrogen-bond donors (Lipinski definition) is 3. The van der Waals surface area contributed by atoms with Crippen molar-refractivity contribution in [3.8, 4) is 0 Å². The fraction of sp³-hybridized carbons (Fsp3) is 0.385. The van der Waals surface area contributed by atoms with Crippen LogP contribution in [0.3, 0.4) is 0 Å². The topological polar surface area (TPSA) is 104 Å². The molecule has 0 radical (unpaired) electrons. The third kappa shape index (κ3) is 5.56. The summed E-state index contributed by atoms with van der Waals surface area (Å²) in [5.41, 5.74) is 0.380. The summed E-state index contributed by atoms with van der Waals surface area (Å²) in [5.74, 6) is -0.482. The van der Waals surface area contributed by atoms with Gasteiger partial charge in [0.15, 0.2) is 9.84 Å². The van der Waals surface area contributed by atoms with E-state index >= 15 is 0 Å². The average Bonchev–Trinajstić information content (AvgIpc) is 2.79. The van der Waals surface area contributed by atoms with Crippen molar-refractivity contribution >= 4 is 50.7 Å². The van der Waals surface area contributed by atoms with Gasteiger partial charge in [-0.15, -0.1) is 0 Å². The number of amides is 3. The van der Waals surface area contributed by atoms with Gasteiger partial charge in [-0.3, -0.25) is 4.79 Å². The highest BCUT2D eigenvalue weighted by Crippen LogP contribution is 2.25. The van der Waals surface area contributed by atoms with E-state index in [2.05, 4.69) is 16.0 Å². The Hall–Kier alpha value is -1.51. The van der Waals surface area contributed by atoms with Crippen molar-refractivity contribution in [2.75, 3.05) is 23.4 Å². The Bertz CT molecular complexity index is 724. The van der Waals surface area contributed by atoms with E-state index in [1.54, 1.807) is 12.1 Å². The largest absolute Gasteiger partial charge is 0.334 e. The molecule has 3 N–H and O–H groups in total. The van der Waals surface area contributed by atoms with Crippen LogP contribution in [0.5, 0.6) is 0 Å². The van der Waals surface area contributed by atoms with Gasteiger partial charge < -0.3 is 16.0 Å². The van der Waals surface area contributed by atoms with Crippen molar-refractivity contribution < 1.29 is 18.0 Å². The summed E-state index contributed by atoms with van der Waals surface area (Å²) in [6, 6.07) is 3.59. The molecule has 7 nitrogen and oxygen atoms in total. The van der Waals surface area contributed by atoms with Gasteiger partial charge in [0.05, 0.1) is 28.8 Å². The quantitative estimate of drug-likeness (QED) is 0.735. The number of urea groups is 1. The van der Waals surface area contributed by atoms with Gasteiger partial charge >= 0.3 is 6.03 Å². The SMILES string of the molecule is O=C(CNC(=O)N[C@@H]1CCS(=O)(=O)C1)Nc1ccc(Cl)cc1Cl. The number of carbonyl (C=O) groups is 2. The van der Waals surface area contributed by atoms with Crippen molar-refractivity contribution in [3.05, 3.63) is 28.2 Å². The first kappa shape index (κ1) is 17.8. The summed E-state index contributed by atoms with van der Waals surface area (Å²) < 4.78 is 22.6. The minimum Gasteiger partial charge on any atom is -0.334 e. The van der Waals surface area contributed by atoms with Crippen LogP contribution in [0.25, 0.3) is 0 Å². The van der Waals surface area contributed by atoms with Gasteiger partial charge in [0.1, 0.15) is 0 Å². The lowest BCUT2D eigenvalue weighted by atomic mass is 10.3. The van der Waals surface area contributed by atoms with Crippen LogP contribution in [0.1, 0.15) is 6.42 Å². The molecule has 10 heteroatoms. The van der Waals surface area contributed by atoms with Crippen LogP contribution >= 0.6 is 23.2 Å². The molecular weight excluding hydrogens is 365 g/mol. The number of halogens is 2. The summed E-state index contributed by atoms with van der Waals surface area (Å²) in [6.07, 6.45) is 0.377. The molecule has 1 atom stereocenters. The van der Waals surface area contributed by atoms with Crippen LogP contribution in [0.15, 0.2) is 18.2 Å². The van der Waals surface area contributed by atoms with Crippen molar-refractivity contribution in [2.24, 2.45) is 0 Å². The number of nitrogens with one attached hydrogen (secondary N) is 3. The fourth-order valence-electron chi connectivity index (χ4n) is 2.09. The lowest BCUT2D eigenvalue weighted by Gasteiger charge is -2.12. The predicted molar refractivity (Wildman–Crippen MR) is 88.7 cm³/mol. The minimum atomic E-state index is -3.07. The summed E-state index contributed by atoms with van der Waals surface area (Å²) in [4.78, 5) is 23.4. The van der Waals surface area contributed by atoms with Crippen molar-refractivity contribution in [3.63, 3.8) is 0 Å². The van der Waals surface area contributed by atoms with Crippen LogP contribution < -0.4 is 16.0 Å². The molecule has 0 unspecified atom stereocenters. The highest BCUT2D eigenvalue weighted by molar-refractivity contribution is 7.91. The standard InChI is InChI=1S/C13H15Cl2N3O4S/c14-8-1-2-11(10(15)5-8)18-12(19)6-16-13(20)17-9-3-4-23(21,22)7-9/h1-2,5,9H,3-4,6-7H2,(H,18,19)(H2,16,17,20)/t9-/m1/s1. The molecule has 0 saturated carbocycles. The molecular formula is C13H15Cl2N3O4S. The zero-order valence-corrected chi connectivity index (χ0v) is 14.3. The molecule has 3 amide bonds. The highest BCUT2D eigenvalue weighted by atomic mass is 35.5. The van der Waals surface area contributed by atoms with E-state index in [4.69, 9.17) is 23.2 Å². The maximum absolute atomic E-state index is 11.8. The Labute approximate surface area is 143 Å². The van der Waals surface area contributed by atoms with E-state index in [-0.39, 0.29) is 23.1 Å². The smallest absolute Gasteiger partial charge is 0.315 e. The fourth-order valence-corrected chi connectivity index (χ4v) is 4.22. The average molecular weight is 380 g/mol. The zero-order chi connectivity index (χ0) is 17.0. The molecule has 0 aromatic heterocycles. The molecule has 0 spiro atoms. The number of benzene rings is 1. The Morgan fingerprint density at radius 3 is 2.61 bits per heavy atom. The normalized spacial score (nSPS) is 19.1. The van der Waals surface area contributed by atoms with E-state index in [0.29, 0.717) is 17.1 Å². The monoisotopic (exact) mass is 379 g/mol. The molecule has 1 aromatic rings. The number of carbonyl (C=O) groups excluding carboxylic acids is 2. The Balaban J connectivity index is 1.77. The second kappa shape index (κ2) is 7.37. The van der Waals surface area contributed by atoms with E-state index < -0.39 is 27.8 Å². The van der Waals surface area contributed by atoms with E-state index in [1.165, 1.54) is 6.07 Å². The number of anilines is 1. The molecule has 1 aromatic carbocycles. The van der Waals surface area contributed by atoms with Crippen LogP contribution in [0, 0.1) is 0 Å². The number of hydrogen-bond acceptors (Lipinski definition) is 4. The molecule has 0 bridgehead atoms. The Morgan fingerprint density at radius 2 is 2.00 bits per heavy atom. The zero-order valence-electron chi connectivity index (χ0n) is 11.9. The molecule has 1 fully saturated rings. The van der Waals surface area contributed by atoms with Gasteiger partial charge in [0.2, 0.25) is 5.91 Å². The number of sulfone groups is 1. The maximum Gasteiger partial charge on any atom is 0.315 e. The molecule has 1 saturated heterocycles. The first-order valence-electron chi connectivity index (χ1n) is 6.75. The van der Waals surface area contributed by atoms with Crippen LogP contribution in [0.4, 0.5) is 10.5 Å². The molecule has 1 heterocycles. The van der Waals surface area contributed by atoms with Crippen molar-refractivity contribution in [2.45, 2.75) is 12.5 Å². The summed E-state index contributed by atoms with van der Waals surface area (Å²) in [5, 5.41) is 8.14. The van der Waals surface area contributed by atoms with Gasteiger partial charge in [-0.1, -0.05) is 23.2 Å². The summed E-state index contributed by atoms with van der Waals surface area (Å²) in [6.45, 7) is -0.274. The van der Waals surface area contributed by atoms with Gasteiger partial charge in [-0.25, -0.2) is 13.2 Å². The van der Waals surface area contributed by atoms with Gasteiger partial charge in [-0.05, 0) is 24.6 Å². The third-order valence-electron chi connectivity index (χ3n) is 3.18. The highest BCUT2D eigenvalue weighted by Gasteiger charge is 2.28. The first-order valence-corrected chi connectivity index (χ1v) is 9.32. The van der Waals surface area contributed by atoms with E-state index in [1.807, 2.05) is 0 Å². The van der Waals surface area contributed by atoms with Crippen molar-refractivity contribution in [1.82, 2.24) is 10.6 Å². The molecule has 126 valence electrons. The van der Waals surface area contributed by atoms with Crippen LogP contribution in [0.2, 0.25) is 10.0 Å². The second-order valence-corrected chi connectivity index (χ2v) is 8.17. The predicted octanol–water partition coefficient (Wildman–Crippen LogP) is 1.42. The van der Waals surface area contributed by atoms with E-state index in [9.17, 15) is 18.0 Å². The number of rotatable bonds is 4. The summed E-state index contributed by atoms with van der Waals surface area (Å²) in [7, 11) is -3.07. The summed E-state index contributed by atoms with van der Waals surface area (Å²) >= 11 is 11.7. The lowest BCUT2D eigenvalue weighted by Crippen LogP contribution is -2.45. The molecule has 2 rings (SSSR count). The first-order chi connectivity index (χ1) is 10.7. The Morgan fingerprint density at radius 1 is 1.26 bits per heavy atom. The van der Waals surface area contributed by atoms with Crippen LogP contribution in [-0.2, 0) is 14.6 Å². The molecule has 1 aliphatic heterocycles. The molecule has 23 heavy (non-hydrogen) atoms. The molecule has 1 aliphatic rings. The van der Waals surface area contributed by atoms with Gasteiger partial charge in [0, 0.05) is 11.1 Å². The second-order valence-electron chi connectivity index (χ2n) is 5.10. The van der Waals surface area contributed by atoms with Gasteiger partial charge in [0.25, 0.3) is 0 Å². The van der Waals surface area contributed by atoms with E-state index in [0.717, 1.165) is 0 Å².